The molecule has 4 rings (SSSR count). The second-order valence-electron chi connectivity index (χ2n) is 5.91. The highest BCUT2D eigenvalue weighted by atomic mass is 79.9. The normalized spacial score (nSPS) is 10.9. The summed E-state index contributed by atoms with van der Waals surface area (Å²) in [6.45, 7) is 1.94. The van der Waals surface area contributed by atoms with Gasteiger partial charge in [-0.15, -0.1) is 0 Å². The molecule has 2 heterocycles. The van der Waals surface area contributed by atoms with Crippen LogP contribution in [0.2, 0.25) is 0 Å². The van der Waals surface area contributed by atoms with Crippen LogP contribution >= 0.6 is 27.7 Å². The molecule has 5 nitrogen and oxygen atoms in total. The molecule has 0 atom stereocenters. The lowest BCUT2D eigenvalue weighted by atomic mass is 10.2. The second kappa shape index (κ2) is 7.54. The van der Waals surface area contributed by atoms with Crippen molar-refractivity contribution in [3.05, 3.63) is 71.1 Å². The van der Waals surface area contributed by atoms with Crippen LogP contribution in [-0.2, 0) is 0 Å². The number of aryl methyl sites for hydroxylation is 1. The molecule has 0 saturated carbocycles. The quantitative estimate of drug-likeness (QED) is 0.425. The molecule has 7 heteroatoms. The number of phenolic OH excluding ortho intramolecular Hbond substituents is 1. The number of fused-ring (bicyclic) bond motifs is 1. The van der Waals surface area contributed by atoms with Crippen LogP contribution in [0.1, 0.15) is 5.69 Å². The van der Waals surface area contributed by atoms with Gasteiger partial charge in [-0.25, -0.2) is 15.0 Å². The molecule has 0 radical (unpaired) electrons. The van der Waals surface area contributed by atoms with E-state index in [1.165, 1.54) is 6.33 Å². The number of benzene rings is 2. The SMILES string of the molecule is Cc1ccc2c(Nc3cc(Br)ccc3Sc3ccc(O)cc3)ncnc2n1. The molecular weight excluding hydrogens is 424 g/mol. The third-order valence-corrected chi connectivity index (χ3v) is 5.47. The van der Waals surface area contributed by atoms with Gasteiger partial charge in [0.2, 0.25) is 0 Å². The van der Waals surface area contributed by atoms with Gasteiger partial charge in [0.1, 0.15) is 17.9 Å². The van der Waals surface area contributed by atoms with Gasteiger partial charge in [-0.3, -0.25) is 0 Å². The second-order valence-corrected chi connectivity index (χ2v) is 7.94. The fourth-order valence-electron chi connectivity index (χ4n) is 2.59. The average molecular weight is 439 g/mol. The maximum Gasteiger partial charge on any atom is 0.164 e. The van der Waals surface area contributed by atoms with Gasteiger partial charge in [0.15, 0.2) is 5.65 Å². The van der Waals surface area contributed by atoms with E-state index in [4.69, 9.17) is 0 Å². The van der Waals surface area contributed by atoms with Gasteiger partial charge < -0.3 is 10.4 Å². The van der Waals surface area contributed by atoms with Crippen molar-refractivity contribution >= 4 is 50.2 Å². The maximum absolute atomic E-state index is 9.48. The Bertz CT molecular complexity index is 1120. The molecule has 0 bridgehead atoms. The number of aromatic hydroxyl groups is 1. The van der Waals surface area contributed by atoms with E-state index >= 15 is 0 Å². The first-order chi connectivity index (χ1) is 13.1. The number of nitrogens with zero attached hydrogens (tertiary/aromatic N) is 3. The summed E-state index contributed by atoms with van der Waals surface area (Å²) in [5, 5.41) is 13.8. The zero-order chi connectivity index (χ0) is 18.8. The zero-order valence-electron chi connectivity index (χ0n) is 14.3. The lowest BCUT2D eigenvalue weighted by Crippen LogP contribution is -1.99. The monoisotopic (exact) mass is 438 g/mol. The third kappa shape index (κ3) is 4.04. The van der Waals surface area contributed by atoms with Crippen molar-refractivity contribution in [2.24, 2.45) is 0 Å². The molecule has 0 amide bonds. The van der Waals surface area contributed by atoms with Crippen molar-refractivity contribution in [2.75, 3.05) is 5.32 Å². The minimum Gasteiger partial charge on any atom is -0.508 e. The Kier molecular flexibility index (Phi) is 4.96. The van der Waals surface area contributed by atoms with Crippen LogP contribution in [0, 0.1) is 6.92 Å². The lowest BCUT2D eigenvalue weighted by molar-refractivity contribution is 0.475. The summed E-state index contributed by atoms with van der Waals surface area (Å²) in [6.07, 6.45) is 1.52. The zero-order valence-corrected chi connectivity index (χ0v) is 16.8. The maximum atomic E-state index is 9.48. The molecule has 0 aliphatic rings. The van der Waals surface area contributed by atoms with Crippen molar-refractivity contribution in [1.29, 1.82) is 0 Å². The third-order valence-electron chi connectivity index (χ3n) is 3.90. The van der Waals surface area contributed by atoms with E-state index in [1.54, 1.807) is 23.9 Å². The molecular formula is C20H15BrN4OS. The number of pyridine rings is 1. The minimum atomic E-state index is 0.253. The van der Waals surface area contributed by atoms with Crippen molar-refractivity contribution in [2.45, 2.75) is 16.7 Å². The Hall–Kier alpha value is -2.64. The number of hydrogen-bond acceptors (Lipinski definition) is 6. The molecule has 0 aliphatic heterocycles. The summed E-state index contributed by atoms with van der Waals surface area (Å²) >= 11 is 5.14. The van der Waals surface area contributed by atoms with Crippen LogP contribution in [0.4, 0.5) is 11.5 Å². The van der Waals surface area contributed by atoms with Crippen LogP contribution in [0.25, 0.3) is 11.0 Å². The predicted molar refractivity (Wildman–Crippen MR) is 112 cm³/mol. The number of halogens is 1. The molecule has 4 aromatic rings. The summed E-state index contributed by atoms with van der Waals surface area (Å²) in [7, 11) is 0. The molecule has 0 unspecified atom stereocenters. The summed E-state index contributed by atoms with van der Waals surface area (Å²) in [6, 6.07) is 17.1. The van der Waals surface area contributed by atoms with Gasteiger partial charge in [-0.1, -0.05) is 27.7 Å². The first-order valence-corrected chi connectivity index (χ1v) is 9.81. The molecule has 0 saturated heterocycles. The van der Waals surface area contributed by atoms with Gasteiger partial charge in [0, 0.05) is 20.0 Å². The number of hydrogen-bond donors (Lipinski definition) is 2. The minimum absolute atomic E-state index is 0.253. The molecule has 2 N–H and O–H groups in total. The number of phenols is 1. The van der Waals surface area contributed by atoms with Crippen LogP contribution < -0.4 is 5.32 Å². The number of anilines is 2. The van der Waals surface area contributed by atoms with Crippen molar-refractivity contribution in [1.82, 2.24) is 15.0 Å². The van der Waals surface area contributed by atoms with Crippen molar-refractivity contribution < 1.29 is 5.11 Å². The Balaban J connectivity index is 1.72. The fourth-order valence-corrected chi connectivity index (χ4v) is 3.84. The van der Waals surface area contributed by atoms with E-state index in [-0.39, 0.29) is 5.75 Å². The summed E-state index contributed by atoms with van der Waals surface area (Å²) in [5.74, 6) is 0.960. The molecule has 0 fully saturated rings. The highest BCUT2D eigenvalue weighted by molar-refractivity contribution is 9.10. The van der Waals surface area contributed by atoms with Crippen molar-refractivity contribution in [3.8, 4) is 5.75 Å². The van der Waals surface area contributed by atoms with E-state index < -0.39 is 0 Å². The van der Waals surface area contributed by atoms with E-state index in [9.17, 15) is 5.11 Å². The van der Waals surface area contributed by atoms with Gasteiger partial charge in [0.05, 0.1) is 11.1 Å². The molecule has 0 aliphatic carbocycles. The highest BCUT2D eigenvalue weighted by Gasteiger charge is 2.10. The number of rotatable bonds is 4. The molecule has 2 aromatic heterocycles. The lowest BCUT2D eigenvalue weighted by Gasteiger charge is -2.13. The molecule has 2 aromatic carbocycles. The van der Waals surface area contributed by atoms with E-state index in [2.05, 4.69) is 36.2 Å². The molecule has 0 spiro atoms. The van der Waals surface area contributed by atoms with Gasteiger partial charge in [-0.05, 0) is 61.5 Å². The van der Waals surface area contributed by atoms with Gasteiger partial charge >= 0.3 is 0 Å². The fraction of sp³-hybridized carbons (Fsp3) is 0.0500. The van der Waals surface area contributed by atoms with E-state index in [1.807, 2.05) is 49.4 Å². The predicted octanol–water partition coefficient (Wildman–Crippen LogP) is 5.70. The Morgan fingerprint density at radius 1 is 1.00 bits per heavy atom. The highest BCUT2D eigenvalue weighted by Crippen LogP contribution is 2.37. The Labute approximate surface area is 169 Å². The van der Waals surface area contributed by atoms with Gasteiger partial charge in [-0.2, -0.15) is 0 Å². The van der Waals surface area contributed by atoms with Gasteiger partial charge in [0.25, 0.3) is 0 Å². The van der Waals surface area contributed by atoms with Crippen LogP contribution in [0.3, 0.4) is 0 Å². The smallest absolute Gasteiger partial charge is 0.164 e. The van der Waals surface area contributed by atoms with Crippen LogP contribution in [0.5, 0.6) is 5.75 Å². The number of nitrogens with one attached hydrogen (secondary N) is 1. The van der Waals surface area contributed by atoms with Crippen LogP contribution in [-0.4, -0.2) is 20.1 Å². The Morgan fingerprint density at radius 2 is 1.81 bits per heavy atom. The van der Waals surface area contributed by atoms with E-state index in [0.717, 1.165) is 31.0 Å². The topological polar surface area (TPSA) is 70.9 Å². The first kappa shape index (κ1) is 17.8. The Morgan fingerprint density at radius 3 is 2.63 bits per heavy atom. The number of aromatic nitrogens is 3. The first-order valence-electron chi connectivity index (χ1n) is 8.20. The summed E-state index contributed by atoms with van der Waals surface area (Å²) in [5.41, 5.74) is 2.50. The standard InChI is InChI=1S/C20H15BrN4OS/c1-12-2-8-16-19(24-12)22-11-23-20(16)25-17-10-13(21)3-9-18(17)27-15-6-4-14(26)5-7-15/h2-11,26H,1H3,(H,22,23,24,25). The summed E-state index contributed by atoms with van der Waals surface area (Å²) in [4.78, 5) is 15.2. The molecule has 27 heavy (non-hydrogen) atoms. The van der Waals surface area contributed by atoms with Crippen LogP contribution in [0.15, 0.2) is 75.2 Å². The molecule has 134 valence electrons. The summed E-state index contributed by atoms with van der Waals surface area (Å²) < 4.78 is 0.965. The average Bonchev–Trinajstić information content (AvgIpc) is 2.65. The van der Waals surface area contributed by atoms with E-state index in [0.29, 0.717) is 11.5 Å². The van der Waals surface area contributed by atoms with Crippen molar-refractivity contribution in [3.63, 3.8) is 0 Å². The largest absolute Gasteiger partial charge is 0.508 e.